The van der Waals surface area contributed by atoms with Crippen molar-refractivity contribution >= 4 is 22.6 Å². The van der Waals surface area contributed by atoms with Crippen molar-refractivity contribution in [1.29, 1.82) is 0 Å². The van der Waals surface area contributed by atoms with Crippen LogP contribution in [-0.4, -0.2) is 109 Å². The number of esters is 1. The molecule has 9 heteroatoms. The maximum Gasteiger partial charge on any atom is 0.303 e. The maximum atomic E-state index is 12.6. The molecule has 268 valence electrons. The van der Waals surface area contributed by atoms with Gasteiger partial charge in [0.2, 0.25) is 0 Å². The Kier molecular flexibility index (Phi) is 8.18. The fourth-order valence-corrected chi connectivity index (χ4v) is 11.7. The van der Waals surface area contributed by atoms with E-state index in [9.17, 15) is 15.0 Å². The van der Waals surface area contributed by atoms with Gasteiger partial charge in [-0.1, -0.05) is 44.2 Å². The van der Waals surface area contributed by atoms with Gasteiger partial charge in [-0.3, -0.25) is 9.69 Å². The largest absolute Gasteiger partial charge is 0.496 e. The minimum absolute atomic E-state index is 0.0491. The third kappa shape index (κ3) is 4.49. The number of para-hydroxylation sites is 1. The zero-order valence-corrected chi connectivity index (χ0v) is 30.5. The van der Waals surface area contributed by atoms with E-state index < -0.39 is 28.5 Å². The van der Waals surface area contributed by atoms with Crippen molar-refractivity contribution in [3.8, 4) is 5.75 Å². The molecule has 0 radical (unpaired) electrons. The highest BCUT2D eigenvalue weighted by atomic mass is 16.6. The fourth-order valence-electron chi connectivity index (χ4n) is 11.7. The molecule has 0 bridgehead atoms. The van der Waals surface area contributed by atoms with Gasteiger partial charge in [-0.25, -0.2) is 0 Å². The zero-order valence-electron chi connectivity index (χ0n) is 30.5. The second-order valence-corrected chi connectivity index (χ2v) is 16.0. The van der Waals surface area contributed by atoms with Gasteiger partial charge in [-0.15, -0.1) is 0 Å². The first-order chi connectivity index (χ1) is 24.1. The summed E-state index contributed by atoms with van der Waals surface area (Å²) in [5, 5.41) is 24.6. The van der Waals surface area contributed by atoms with E-state index >= 15 is 0 Å². The lowest BCUT2D eigenvalue weighted by molar-refractivity contribution is -0.184. The van der Waals surface area contributed by atoms with Crippen molar-refractivity contribution in [3.05, 3.63) is 70.9 Å². The molecule has 1 saturated heterocycles. The third-order valence-electron chi connectivity index (χ3n) is 13.7. The molecule has 3 N–H and O–H groups in total. The zero-order chi connectivity index (χ0) is 35.2. The molecule has 50 heavy (non-hydrogen) atoms. The third-order valence-corrected chi connectivity index (χ3v) is 13.7. The molecule has 5 aliphatic rings. The van der Waals surface area contributed by atoms with Crippen LogP contribution in [0, 0.1) is 11.3 Å². The van der Waals surface area contributed by atoms with Crippen LogP contribution < -0.4 is 9.64 Å². The number of H-pyrrole nitrogens is 1. The molecule has 5 heterocycles. The van der Waals surface area contributed by atoms with E-state index in [4.69, 9.17) is 9.47 Å². The van der Waals surface area contributed by atoms with E-state index in [2.05, 4.69) is 96.1 Å². The normalized spacial score (nSPS) is 35.1. The topological polar surface area (TPSA) is 102 Å². The maximum absolute atomic E-state index is 12.6. The fraction of sp³-hybridized carbons (Fsp3) is 0.585. The summed E-state index contributed by atoms with van der Waals surface area (Å²) >= 11 is 0. The molecule has 1 spiro atoms. The number of anilines is 1. The molecule has 1 saturated carbocycles. The summed E-state index contributed by atoms with van der Waals surface area (Å²) in [5.74, 6) is 0.512. The van der Waals surface area contributed by atoms with Gasteiger partial charge in [0.05, 0.1) is 13.2 Å². The number of nitrogens with zero attached hydrogens (tertiary/aromatic N) is 3. The van der Waals surface area contributed by atoms with Crippen LogP contribution in [0.3, 0.4) is 0 Å². The van der Waals surface area contributed by atoms with Crippen molar-refractivity contribution in [1.82, 2.24) is 14.8 Å². The average molecular weight is 683 g/mol. The number of aliphatic hydroxyl groups excluding tert-OH is 2. The van der Waals surface area contributed by atoms with Crippen molar-refractivity contribution in [3.63, 3.8) is 0 Å². The summed E-state index contributed by atoms with van der Waals surface area (Å²) in [6, 6.07) is 13.0. The van der Waals surface area contributed by atoms with Crippen LogP contribution in [0.2, 0.25) is 0 Å². The molecular formula is C41H54N4O5. The number of hydrogen-bond acceptors (Lipinski definition) is 8. The Morgan fingerprint density at radius 2 is 1.94 bits per heavy atom. The van der Waals surface area contributed by atoms with Gasteiger partial charge >= 0.3 is 5.97 Å². The highest BCUT2D eigenvalue weighted by molar-refractivity contribution is 5.86. The number of fused-ring (bicyclic) bond motifs is 4. The highest BCUT2D eigenvalue weighted by Crippen LogP contribution is 2.66. The lowest BCUT2D eigenvalue weighted by Gasteiger charge is -2.60. The average Bonchev–Trinajstić information content (AvgIpc) is 3.78. The van der Waals surface area contributed by atoms with Crippen molar-refractivity contribution in [2.24, 2.45) is 11.3 Å². The van der Waals surface area contributed by atoms with E-state index in [1.807, 2.05) is 0 Å². The Balaban J connectivity index is 1.38. The minimum Gasteiger partial charge on any atom is -0.496 e. The Hall–Kier alpha value is -3.37. The van der Waals surface area contributed by atoms with Crippen LogP contribution in [0.4, 0.5) is 5.69 Å². The van der Waals surface area contributed by atoms with E-state index in [0.29, 0.717) is 0 Å². The first kappa shape index (κ1) is 33.8. The van der Waals surface area contributed by atoms with E-state index in [0.717, 1.165) is 80.9 Å². The lowest BCUT2D eigenvalue weighted by atomic mass is 9.51. The number of hydrogen-bond donors (Lipinski definition) is 3. The van der Waals surface area contributed by atoms with Gasteiger partial charge in [-0.2, -0.15) is 0 Å². The second-order valence-electron chi connectivity index (χ2n) is 16.0. The van der Waals surface area contributed by atoms with Crippen LogP contribution in [0.15, 0.2) is 48.6 Å². The van der Waals surface area contributed by atoms with Gasteiger partial charge in [0.25, 0.3) is 0 Å². The molecule has 1 aromatic heterocycles. The summed E-state index contributed by atoms with van der Waals surface area (Å²) in [5.41, 5.74) is 5.65. The number of likely N-dealkylation sites (N-methyl/N-ethyl adjacent to an activating group) is 2. The number of aromatic nitrogens is 1. The number of aromatic amines is 1. The molecular weight excluding hydrogens is 628 g/mol. The lowest BCUT2D eigenvalue weighted by Crippen LogP contribution is -2.74. The van der Waals surface area contributed by atoms with Crippen LogP contribution in [0.5, 0.6) is 5.75 Å². The Labute approximate surface area is 296 Å². The van der Waals surface area contributed by atoms with Gasteiger partial charge in [0.1, 0.15) is 18.0 Å². The standard InChI is InChI=1S/C41H54N4O5/c1-7-40-15-11-17-45-19-16-41(38(40)45)29-20-30(33(49-6)21-32(29)43(5)36(41)34(48)37(40)50-25(3)47)39(4)22-26(24-46)23-44(8-2)18-14-28-27-12-9-10-13-31(27)42-35(28)39/h9-13,15,20-21,26,34,36-38,42,46,48H,7-8,14,16-19,22-24H2,1-6H3/t26-,34-,36?,37-,38?,39+,40-,41-/m0/s1. The van der Waals surface area contributed by atoms with Crippen molar-refractivity contribution in [2.75, 3.05) is 58.4 Å². The SMILES string of the molecule is CCN1CCc2c([nH]c3ccccc23)[C@@](C)(c2cc3c(cc2OC)N(C)C2[C@H](O)[C@H](OC(C)=O)[C@]4(CC)C=CCN5CC[C@]32C54)C[C@H](CO)C1. The molecule has 1 aliphatic carbocycles. The van der Waals surface area contributed by atoms with Crippen molar-refractivity contribution < 1.29 is 24.5 Å². The monoisotopic (exact) mass is 682 g/mol. The van der Waals surface area contributed by atoms with Crippen LogP contribution in [-0.2, 0) is 26.8 Å². The quantitative estimate of drug-likeness (QED) is 0.253. The molecule has 0 amide bonds. The Bertz CT molecular complexity index is 1840. The van der Waals surface area contributed by atoms with Crippen LogP contribution in [0.1, 0.15) is 69.3 Å². The first-order valence-corrected chi connectivity index (χ1v) is 18.7. The molecule has 9 nitrogen and oxygen atoms in total. The molecule has 3 aromatic rings. The number of rotatable bonds is 6. The van der Waals surface area contributed by atoms with E-state index in [1.54, 1.807) is 7.11 Å². The predicted molar refractivity (Wildman–Crippen MR) is 196 cm³/mol. The number of carbonyl (C=O) groups excluding carboxylic acids is 1. The molecule has 2 fully saturated rings. The van der Waals surface area contributed by atoms with E-state index in [1.165, 1.54) is 29.1 Å². The number of nitrogens with one attached hydrogen (secondary N) is 1. The summed E-state index contributed by atoms with van der Waals surface area (Å²) < 4.78 is 12.5. The van der Waals surface area contributed by atoms with Gasteiger partial charge in [0.15, 0.2) is 0 Å². The summed E-state index contributed by atoms with van der Waals surface area (Å²) in [7, 11) is 3.85. The van der Waals surface area contributed by atoms with Gasteiger partial charge in [0, 0.05) is 96.4 Å². The Morgan fingerprint density at radius 1 is 1.14 bits per heavy atom. The molecule has 8 rings (SSSR count). The molecule has 2 aromatic carbocycles. The second kappa shape index (κ2) is 12.1. The molecule has 4 aliphatic heterocycles. The Morgan fingerprint density at radius 3 is 2.66 bits per heavy atom. The van der Waals surface area contributed by atoms with Crippen LogP contribution in [0.25, 0.3) is 10.9 Å². The van der Waals surface area contributed by atoms with E-state index in [-0.39, 0.29) is 30.6 Å². The van der Waals surface area contributed by atoms with Gasteiger partial charge < -0.3 is 34.5 Å². The predicted octanol–water partition coefficient (Wildman–Crippen LogP) is 4.76. The summed E-state index contributed by atoms with van der Waals surface area (Å²) in [6.07, 6.45) is 6.24. The molecule has 8 atom stereocenters. The molecule has 2 unspecified atom stereocenters. The number of aliphatic hydroxyl groups is 2. The van der Waals surface area contributed by atoms with Crippen molar-refractivity contribution in [2.45, 2.75) is 88.5 Å². The van der Waals surface area contributed by atoms with Crippen LogP contribution >= 0.6 is 0 Å². The number of carbonyl (C=O) groups is 1. The first-order valence-electron chi connectivity index (χ1n) is 18.7. The number of ether oxygens (including phenoxy) is 2. The highest BCUT2D eigenvalue weighted by Gasteiger charge is 2.73. The summed E-state index contributed by atoms with van der Waals surface area (Å²) in [6.45, 7) is 12.7. The number of benzene rings is 2. The number of methoxy groups -OCH3 is 1. The smallest absolute Gasteiger partial charge is 0.303 e. The van der Waals surface area contributed by atoms with Gasteiger partial charge in [-0.05, 0) is 74.9 Å². The minimum atomic E-state index is -0.885. The summed E-state index contributed by atoms with van der Waals surface area (Å²) in [4.78, 5) is 23.8.